The third kappa shape index (κ3) is 5.46. The zero-order valence-corrected chi connectivity index (χ0v) is 22.3. The van der Waals surface area contributed by atoms with E-state index in [1.807, 2.05) is 0 Å². The van der Waals surface area contributed by atoms with E-state index >= 15 is 0 Å². The number of thiazole rings is 1. The molecule has 3 unspecified atom stereocenters. The molecule has 1 aromatic rings. The summed E-state index contributed by atoms with van der Waals surface area (Å²) < 4.78 is 4.46. The van der Waals surface area contributed by atoms with Crippen molar-refractivity contribution in [3.63, 3.8) is 0 Å². The fraction of sp³-hybridized carbons (Fsp3) is 0.611. The van der Waals surface area contributed by atoms with Gasteiger partial charge in [0.15, 0.2) is 10.8 Å². The topological polar surface area (TPSA) is 170 Å². The number of carboxylic acids is 1. The van der Waals surface area contributed by atoms with Crippen LogP contribution in [0.25, 0.3) is 0 Å². The first kappa shape index (κ1) is 26.6. The van der Waals surface area contributed by atoms with Crippen LogP contribution in [0.2, 0.25) is 0 Å². The number of anilines is 1. The van der Waals surface area contributed by atoms with Crippen LogP contribution in [0.3, 0.4) is 0 Å². The third-order valence-electron chi connectivity index (χ3n) is 5.61. The van der Waals surface area contributed by atoms with Gasteiger partial charge in [0.05, 0.1) is 16.8 Å². The van der Waals surface area contributed by atoms with E-state index in [9.17, 15) is 24.7 Å². The number of carbonyl (C=O) groups is 3. The average molecular weight is 524 g/mol. The Labute approximate surface area is 224 Å². The number of hydrogen-bond donors (Lipinski definition) is 3. The van der Waals surface area contributed by atoms with E-state index < -0.39 is 33.9 Å². The molecule has 0 aromatic carbocycles. The number of aliphatic carboxylic acids is 1. The summed E-state index contributed by atoms with van der Waals surface area (Å²) in [5.74, 6) is -1.62. The summed E-state index contributed by atoms with van der Waals surface area (Å²) >= 11 is 3.63. The predicted octanol–water partition coefficient (Wildman–Crippen LogP) is -3.90. The van der Waals surface area contributed by atoms with Crippen LogP contribution in [0, 0.1) is 0 Å². The van der Waals surface area contributed by atoms with E-state index in [1.54, 1.807) is 0 Å². The molecule has 4 N–H and O–H groups in total. The molecule has 0 spiro atoms. The molecule has 4 heterocycles. The molecule has 33 heavy (non-hydrogen) atoms. The van der Waals surface area contributed by atoms with Crippen LogP contribution in [-0.2, 0) is 19.1 Å². The molecule has 3 saturated heterocycles. The van der Waals surface area contributed by atoms with Gasteiger partial charge in [-0.3, -0.25) is 9.59 Å². The summed E-state index contributed by atoms with van der Waals surface area (Å²) in [7, 11) is 0. The van der Waals surface area contributed by atoms with Crippen LogP contribution < -0.4 is 45.7 Å². The van der Waals surface area contributed by atoms with Crippen LogP contribution in [0.4, 0.5) is 5.13 Å². The summed E-state index contributed by atoms with van der Waals surface area (Å²) in [6.07, 6.45) is 2.96. The van der Waals surface area contributed by atoms with Crippen molar-refractivity contribution in [2.45, 2.75) is 41.5 Å². The minimum Gasteiger partial charge on any atom is -0.549 e. The molecule has 2 amide bonds. The van der Waals surface area contributed by atoms with E-state index in [2.05, 4.69) is 15.5 Å². The van der Waals surface area contributed by atoms with Gasteiger partial charge in [0.2, 0.25) is 5.91 Å². The number of thioether (sulfide) groups is 2. The molecular formula is C18H22N5NaO6S3. The van der Waals surface area contributed by atoms with E-state index in [4.69, 9.17) is 10.5 Å². The van der Waals surface area contributed by atoms with Gasteiger partial charge in [0.1, 0.15) is 17.1 Å². The van der Waals surface area contributed by atoms with E-state index in [0.29, 0.717) is 12.4 Å². The summed E-state index contributed by atoms with van der Waals surface area (Å²) in [4.78, 5) is 42.6. The number of amides is 2. The summed E-state index contributed by atoms with van der Waals surface area (Å²) in [6.45, 7) is 0.679. The number of rotatable bonds is 7. The molecule has 0 saturated carbocycles. The van der Waals surface area contributed by atoms with Gasteiger partial charge < -0.3 is 35.8 Å². The quantitative estimate of drug-likeness (QED) is 0.106. The van der Waals surface area contributed by atoms with Crippen LogP contribution in [0.1, 0.15) is 25.0 Å². The molecule has 3 aliphatic heterocycles. The van der Waals surface area contributed by atoms with Gasteiger partial charge in [-0.15, -0.1) is 34.9 Å². The van der Waals surface area contributed by atoms with Gasteiger partial charge in [0.25, 0.3) is 5.91 Å². The maximum absolute atomic E-state index is 12.7. The summed E-state index contributed by atoms with van der Waals surface area (Å²) in [5.41, 5.74) is 5.31. The number of carboxylic acid groups (broad SMARTS) is 1. The third-order valence-corrected chi connectivity index (χ3v) is 9.53. The van der Waals surface area contributed by atoms with Crippen LogP contribution in [-0.4, -0.2) is 85.5 Å². The molecule has 1 aromatic heterocycles. The Balaban J connectivity index is 0.00000306. The van der Waals surface area contributed by atoms with Crippen LogP contribution >= 0.6 is 34.9 Å². The minimum atomic E-state index is -1.23. The largest absolute Gasteiger partial charge is 1.00 e. The van der Waals surface area contributed by atoms with E-state index in [1.165, 1.54) is 33.8 Å². The SMILES string of the molecule is Nc1nc(C(=NO)C(=O)NC2C(=O)N3CC(SCC4CCCCO4)(C(=O)[O-])CS[C@H]23)cs1.[Na+]. The Morgan fingerprint density at radius 3 is 2.88 bits per heavy atom. The molecule has 0 bridgehead atoms. The fourth-order valence-electron chi connectivity index (χ4n) is 3.83. The molecule has 4 rings (SSSR count). The van der Waals surface area contributed by atoms with E-state index in [-0.39, 0.29) is 64.5 Å². The first-order valence-corrected chi connectivity index (χ1v) is 12.9. The monoisotopic (exact) mass is 523 g/mol. The molecule has 15 heteroatoms. The molecular weight excluding hydrogens is 501 g/mol. The Morgan fingerprint density at radius 1 is 1.48 bits per heavy atom. The van der Waals surface area contributed by atoms with Crippen molar-refractivity contribution in [3.8, 4) is 0 Å². The molecule has 3 aliphatic rings. The van der Waals surface area contributed by atoms with Gasteiger partial charge in [-0.2, -0.15) is 0 Å². The number of aromatic nitrogens is 1. The molecule has 0 aliphatic carbocycles. The number of nitrogens with two attached hydrogens (primary N) is 1. The Kier molecular flexibility index (Phi) is 8.97. The van der Waals surface area contributed by atoms with E-state index in [0.717, 1.165) is 30.6 Å². The van der Waals surface area contributed by atoms with Gasteiger partial charge >= 0.3 is 29.6 Å². The standard InChI is InChI=1S/C18H23N5O6S3.Na/c19-17-20-10(6-30-17)11(22-28)13(24)21-12-14(25)23-7-18(16(26)27,8-31-15(12)23)32-5-9-3-1-2-4-29-9;/h6,9,12,15,28H,1-5,7-8H2,(H2,19,20)(H,21,24)(H,26,27);/q;+1/p-1/t9?,12?,15-,18?;/m1./s1. The van der Waals surface area contributed by atoms with Gasteiger partial charge in [-0.05, 0) is 19.3 Å². The fourth-order valence-corrected chi connectivity index (χ4v) is 7.42. The Morgan fingerprint density at radius 2 is 2.27 bits per heavy atom. The second-order valence-electron chi connectivity index (χ2n) is 7.72. The van der Waals surface area contributed by atoms with Crippen molar-refractivity contribution in [2.75, 3.05) is 30.4 Å². The molecule has 174 valence electrons. The van der Waals surface area contributed by atoms with Crippen LogP contribution in [0.5, 0.6) is 0 Å². The molecule has 4 atom stereocenters. The number of hydrogen-bond acceptors (Lipinski definition) is 12. The zero-order chi connectivity index (χ0) is 22.9. The van der Waals surface area contributed by atoms with Crippen molar-refractivity contribution in [1.82, 2.24) is 15.2 Å². The summed E-state index contributed by atoms with van der Waals surface area (Å²) in [5, 5.41) is 28.1. The molecule has 3 fully saturated rings. The second kappa shape index (κ2) is 11.1. The van der Waals surface area contributed by atoms with Crippen LogP contribution in [0.15, 0.2) is 10.5 Å². The number of carbonyl (C=O) groups excluding carboxylic acids is 3. The van der Waals surface area contributed by atoms with Gasteiger partial charge in [-0.25, -0.2) is 4.98 Å². The van der Waals surface area contributed by atoms with Crippen molar-refractivity contribution in [3.05, 3.63) is 11.1 Å². The smallest absolute Gasteiger partial charge is 0.549 e. The second-order valence-corrected chi connectivity index (χ2v) is 11.1. The minimum absolute atomic E-state index is 0. The predicted molar refractivity (Wildman–Crippen MR) is 119 cm³/mol. The maximum Gasteiger partial charge on any atom is 1.00 e. The number of oxime groups is 1. The summed E-state index contributed by atoms with van der Waals surface area (Å²) in [6, 6.07) is -0.855. The molecule has 11 nitrogen and oxygen atoms in total. The zero-order valence-electron chi connectivity index (χ0n) is 17.9. The Bertz CT molecular complexity index is 942. The maximum atomic E-state index is 12.7. The van der Waals surface area contributed by atoms with Crippen molar-refractivity contribution in [1.29, 1.82) is 0 Å². The van der Waals surface area contributed by atoms with Crippen molar-refractivity contribution < 1.29 is 59.0 Å². The first-order valence-electron chi connectivity index (χ1n) is 9.98. The molecule has 0 radical (unpaired) electrons. The number of nitrogens with one attached hydrogen (secondary N) is 1. The first-order chi connectivity index (χ1) is 15.3. The van der Waals surface area contributed by atoms with Crippen molar-refractivity contribution in [2.24, 2.45) is 5.16 Å². The number of nitrogen functional groups attached to an aromatic ring is 1. The van der Waals surface area contributed by atoms with Crippen molar-refractivity contribution >= 4 is 63.5 Å². The average Bonchev–Trinajstić information content (AvgIpc) is 3.22. The number of β-lactam (4-membered cyclic amide) rings is 1. The number of ether oxygens (including phenoxy) is 1. The van der Waals surface area contributed by atoms with Gasteiger partial charge in [0, 0.05) is 30.0 Å². The number of fused-ring (bicyclic) bond motifs is 1. The normalized spacial score (nSPS) is 29.5. The van der Waals surface area contributed by atoms with Gasteiger partial charge in [-0.1, -0.05) is 5.16 Å². The Hall–Kier alpha value is -1.03. The number of nitrogens with zero attached hydrogens (tertiary/aromatic N) is 3.